The van der Waals surface area contributed by atoms with Crippen LogP contribution >= 0.6 is 11.3 Å². The van der Waals surface area contributed by atoms with Crippen molar-refractivity contribution in [3.05, 3.63) is 62.0 Å². The van der Waals surface area contributed by atoms with Crippen LogP contribution in [0.4, 0.5) is 0 Å². The fourth-order valence-corrected chi connectivity index (χ4v) is 5.19. The van der Waals surface area contributed by atoms with Gasteiger partial charge in [0.05, 0.1) is 18.3 Å². The van der Waals surface area contributed by atoms with Crippen molar-refractivity contribution >= 4 is 27.3 Å². The zero-order valence-electron chi connectivity index (χ0n) is 15.3. The monoisotopic (exact) mass is 366 g/mol. The van der Waals surface area contributed by atoms with Gasteiger partial charge < -0.3 is 0 Å². The molecule has 3 aromatic rings. The summed E-state index contributed by atoms with van der Waals surface area (Å²) < 4.78 is 1.47. The summed E-state index contributed by atoms with van der Waals surface area (Å²) in [5.41, 5.74) is 3.82. The fraction of sp³-hybridized carbons (Fsp3) is 0.381. The summed E-state index contributed by atoms with van der Waals surface area (Å²) in [5, 5.41) is 0.729. The Morgan fingerprint density at radius 1 is 1.35 bits per heavy atom. The van der Waals surface area contributed by atoms with Gasteiger partial charge in [0.2, 0.25) is 0 Å². The highest BCUT2D eigenvalue weighted by molar-refractivity contribution is 7.18. The van der Waals surface area contributed by atoms with Crippen molar-refractivity contribution in [3.63, 3.8) is 0 Å². The van der Waals surface area contributed by atoms with E-state index in [4.69, 9.17) is 0 Å². The quantitative estimate of drug-likeness (QED) is 0.656. The van der Waals surface area contributed by atoms with Crippen LogP contribution in [0.25, 0.3) is 10.2 Å². The van der Waals surface area contributed by atoms with E-state index in [9.17, 15) is 9.59 Å². The van der Waals surface area contributed by atoms with E-state index in [1.54, 1.807) is 11.3 Å². The molecular formula is C21H22N2O2S. The molecule has 26 heavy (non-hydrogen) atoms. The number of carbonyl (C=O) groups excluding carboxylic acids is 1. The van der Waals surface area contributed by atoms with Gasteiger partial charge in [-0.1, -0.05) is 30.7 Å². The highest BCUT2D eigenvalue weighted by Gasteiger charge is 2.23. The second-order valence-corrected chi connectivity index (χ2v) is 8.53. The summed E-state index contributed by atoms with van der Waals surface area (Å²) in [5.74, 6) is 0.604. The first-order valence-electron chi connectivity index (χ1n) is 9.04. The number of thiophene rings is 1. The molecule has 0 saturated heterocycles. The summed E-state index contributed by atoms with van der Waals surface area (Å²) in [4.78, 5) is 32.3. The zero-order valence-corrected chi connectivity index (χ0v) is 16.2. The SMILES string of the molecule is Cc1ccc(C(=O)Cn2cnc3sc4c(c3c2=O)CC[C@H](C)C4)c(C)c1. The standard InChI is InChI=1S/C21H22N2O2S/c1-12-4-6-15(14(3)8-12)17(24)10-23-11-22-20-19(21(23)25)16-7-5-13(2)9-18(16)26-20/h4,6,8,11,13H,5,7,9-10H2,1-3H3/t13-/m0/s1. The van der Waals surface area contributed by atoms with Crippen LogP contribution in [0.1, 0.15) is 45.3 Å². The van der Waals surface area contributed by atoms with Gasteiger partial charge in [-0.25, -0.2) is 4.98 Å². The number of ketones is 1. The third kappa shape index (κ3) is 2.90. The maximum atomic E-state index is 13.0. The number of carbonyl (C=O) groups is 1. The Hall–Kier alpha value is -2.27. The first kappa shape index (κ1) is 17.2. The fourth-order valence-electron chi connectivity index (χ4n) is 3.85. The summed E-state index contributed by atoms with van der Waals surface area (Å²) >= 11 is 1.64. The van der Waals surface area contributed by atoms with Crippen LogP contribution < -0.4 is 5.56 Å². The molecule has 0 amide bonds. The largest absolute Gasteiger partial charge is 0.292 e. The lowest BCUT2D eigenvalue weighted by Crippen LogP contribution is -2.25. The normalized spacial score (nSPS) is 16.7. The molecule has 1 atom stereocenters. The van der Waals surface area contributed by atoms with Crippen molar-refractivity contribution in [2.24, 2.45) is 5.92 Å². The molecule has 2 heterocycles. The molecule has 0 unspecified atom stereocenters. The van der Waals surface area contributed by atoms with E-state index >= 15 is 0 Å². The number of nitrogens with zero attached hydrogens (tertiary/aromatic N) is 2. The molecule has 0 bridgehead atoms. The Balaban J connectivity index is 1.72. The van der Waals surface area contributed by atoms with Crippen LogP contribution in [-0.2, 0) is 19.4 Å². The minimum absolute atomic E-state index is 0.0344. The molecule has 2 aromatic heterocycles. The molecule has 0 N–H and O–H groups in total. The molecule has 0 saturated carbocycles. The van der Waals surface area contributed by atoms with Crippen LogP contribution in [0.5, 0.6) is 0 Å². The average molecular weight is 366 g/mol. The predicted octanol–water partition coefficient (Wildman–Crippen LogP) is 4.08. The summed E-state index contributed by atoms with van der Waals surface area (Å²) in [6, 6.07) is 5.77. The molecule has 5 heteroatoms. The lowest BCUT2D eigenvalue weighted by Gasteiger charge is -2.17. The van der Waals surface area contributed by atoms with E-state index in [0.29, 0.717) is 11.5 Å². The number of hydrogen-bond acceptors (Lipinski definition) is 4. The van der Waals surface area contributed by atoms with Gasteiger partial charge in [-0.15, -0.1) is 11.3 Å². The van der Waals surface area contributed by atoms with Gasteiger partial charge in [0.1, 0.15) is 4.83 Å². The maximum absolute atomic E-state index is 13.0. The Kier molecular flexibility index (Phi) is 4.27. The number of Topliss-reactive ketones (excluding diaryl/α,β-unsaturated/α-hetero) is 1. The van der Waals surface area contributed by atoms with E-state index < -0.39 is 0 Å². The summed E-state index contributed by atoms with van der Waals surface area (Å²) in [6.07, 6.45) is 4.59. The number of benzene rings is 1. The molecule has 0 aliphatic heterocycles. The van der Waals surface area contributed by atoms with Crippen LogP contribution in [0.3, 0.4) is 0 Å². The molecule has 4 rings (SSSR count). The Bertz CT molecular complexity index is 1080. The van der Waals surface area contributed by atoms with Gasteiger partial charge in [0, 0.05) is 10.4 Å². The first-order valence-corrected chi connectivity index (χ1v) is 9.86. The van der Waals surface area contributed by atoms with Gasteiger partial charge in [0.25, 0.3) is 5.56 Å². The van der Waals surface area contributed by atoms with Crippen LogP contribution in [0.2, 0.25) is 0 Å². The molecule has 4 nitrogen and oxygen atoms in total. The van der Waals surface area contributed by atoms with E-state index in [2.05, 4.69) is 11.9 Å². The van der Waals surface area contributed by atoms with Gasteiger partial charge in [-0.2, -0.15) is 0 Å². The Morgan fingerprint density at radius 2 is 2.15 bits per heavy atom. The smallest absolute Gasteiger partial charge is 0.262 e. The van der Waals surface area contributed by atoms with Crippen LogP contribution in [0.15, 0.2) is 29.3 Å². The Morgan fingerprint density at radius 3 is 2.92 bits per heavy atom. The van der Waals surface area contributed by atoms with Gasteiger partial charge in [-0.3, -0.25) is 14.2 Å². The predicted molar refractivity (Wildman–Crippen MR) is 105 cm³/mol. The molecule has 1 aromatic carbocycles. The van der Waals surface area contributed by atoms with Crippen LogP contribution in [0, 0.1) is 19.8 Å². The van der Waals surface area contributed by atoms with E-state index in [0.717, 1.165) is 46.2 Å². The van der Waals surface area contributed by atoms with Crippen molar-refractivity contribution in [2.45, 2.75) is 46.6 Å². The highest BCUT2D eigenvalue weighted by atomic mass is 32.1. The van der Waals surface area contributed by atoms with Crippen molar-refractivity contribution in [1.82, 2.24) is 9.55 Å². The van der Waals surface area contributed by atoms with E-state index in [-0.39, 0.29) is 17.9 Å². The summed E-state index contributed by atoms with van der Waals surface area (Å²) in [7, 11) is 0. The lowest BCUT2D eigenvalue weighted by atomic mass is 9.89. The van der Waals surface area contributed by atoms with E-state index in [1.807, 2.05) is 32.0 Å². The molecule has 1 aliphatic carbocycles. The number of hydrogen-bond donors (Lipinski definition) is 0. The second-order valence-electron chi connectivity index (χ2n) is 7.45. The minimum Gasteiger partial charge on any atom is -0.292 e. The molecule has 1 aliphatic rings. The van der Waals surface area contributed by atoms with Gasteiger partial charge in [0.15, 0.2) is 5.78 Å². The Labute approximate surface area is 156 Å². The maximum Gasteiger partial charge on any atom is 0.262 e. The second kappa shape index (κ2) is 6.47. The molecule has 0 fully saturated rings. The highest BCUT2D eigenvalue weighted by Crippen LogP contribution is 2.35. The third-order valence-electron chi connectivity index (χ3n) is 5.28. The molecular weight excluding hydrogens is 344 g/mol. The van der Waals surface area contributed by atoms with Crippen molar-refractivity contribution < 1.29 is 4.79 Å². The lowest BCUT2D eigenvalue weighted by molar-refractivity contribution is 0.0970. The van der Waals surface area contributed by atoms with Crippen molar-refractivity contribution in [2.75, 3.05) is 0 Å². The van der Waals surface area contributed by atoms with Crippen molar-refractivity contribution in [1.29, 1.82) is 0 Å². The van der Waals surface area contributed by atoms with Crippen molar-refractivity contribution in [3.8, 4) is 0 Å². The average Bonchev–Trinajstić information content (AvgIpc) is 2.95. The first-order chi connectivity index (χ1) is 12.4. The number of rotatable bonds is 3. The van der Waals surface area contributed by atoms with Gasteiger partial charge >= 0.3 is 0 Å². The van der Waals surface area contributed by atoms with E-state index in [1.165, 1.54) is 15.8 Å². The number of fused-ring (bicyclic) bond motifs is 3. The minimum atomic E-state index is -0.0832. The zero-order chi connectivity index (χ0) is 18.4. The number of aryl methyl sites for hydroxylation is 3. The van der Waals surface area contributed by atoms with Crippen LogP contribution in [-0.4, -0.2) is 15.3 Å². The number of aromatic nitrogens is 2. The third-order valence-corrected chi connectivity index (χ3v) is 6.44. The molecule has 134 valence electrons. The molecule has 0 spiro atoms. The topological polar surface area (TPSA) is 52.0 Å². The molecule has 0 radical (unpaired) electrons. The van der Waals surface area contributed by atoms with Gasteiger partial charge in [-0.05, 0) is 50.2 Å². The summed E-state index contributed by atoms with van der Waals surface area (Å²) in [6.45, 7) is 6.22.